The minimum atomic E-state index is -1.44. The van der Waals surface area contributed by atoms with E-state index >= 15 is 0 Å². The maximum Gasteiger partial charge on any atom is 0.508 e. The first kappa shape index (κ1) is 8.72. The Hall–Kier alpha value is -0.865. The van der Waals surface area contributed by atoms with Crippen LogP contribution in [-0.2, 0) is 12.8 Å². The molecule has 4 heteroatoms. The van der Waals surface area contributed by atoms with E-state index in [2.05, 4.69) is 4.98 Å². The molecule has 2 rings (SSSR count). The Bertz CT molecular complexity index is 314. The van der Waals surface area contributed by atoms with E-state index in [1.807, 2.05) is 6.07 Å². The summed E-state index contributed by atoms with van der Waals surface area (Å²) in [6.45, 7) is 0. The van der Waals surface area contributed by atoms with Gasteiger partial charge in [0.1, 0.15) is 0 Å². The van der Waals surface area contributed by atoms with E-state index in [0.29, 0.717) is 5.59 Å². The van der Waals surface area contributed by atoms with Crippen molar-refractivity contribution in [2.24, 2.45) is 0 Å². The molecular formula is C9H12BNO2. The highest BCUT2D eigenvalue weighted by atomic mass is 16.4. The lowest BCUT2D eigenvalue weighted by Gasteiger charge is -2.15. The van der Waals surface area contributed by atoms with Gasteiger partial charge in [0.2, 0.25) is 0 Å². The van der Waals surface area contributed by atoms with Crippen molar-refractivity contribution in [3.8, 4) is 0 Å². The molecule has 0 fully saturated rings. The quantitative estimate of drug-likeness (QED) is 0.576. The molecule has 0 amide bonds. The highest BCUT2D eigenvalue weighted by molar-refractivity contribution is 6.57. The van der Waals surface area contributed by atoms with Gasteiger partial charge in [-0.3, -0.25) is 4.98 Å². The van der Waals surface area contributed by atoms with Gasteiger partial charge in [-0.05, 0) is 37.3 Å². The number of pyridine rings is 1. The zero-order valence-electron chi connectivity index (χ0n) is 7.40. The van der Waals surface area contributed by atoms with Crippen LogP contribution in [0.5, 0.6) is 0 Å². The Morgan fingerprint density at radius 2 is 1.92 bits per heavy atom. The summed E-state index contributed by atoms with van der Waals surface area (Å²) >= 11 is 0. The zero-order valence-corrected chi connectivity index (χ0v) is 7.40. The Morgan fingerprint density at radius 1 is 1.15 bits per heavy atom. The Labute approximate surface area is 77.6 Å². The van der Waals surface area contributed by atoms with Gasteiger partial charge in [0.15, 0.2) is 0 Å². The summed E-state index contributed by atoms with van der Waals surface area (Å²) in [5.74, 6) is 0. The molecule has 0 saturated heterocycles. The van der Waals surface area contributed by atoms with Crippen molar-refractivity contribution in [1.82, 2.24) is 4.98 Å². The third-order valence-corrected chi connectivity index (χ3v) is 2.46. The Morgan fingerprint density at radius 3 is 2.69 bits per heavy atom. The molecule has 0 saturated carbocycles. The third kappa shape index (κ3) is 1.74. The van der Waals surface area contributed by atoms with Crippen LogP contribution >= 0.6 is 0 Å². The summed E-state index contributed by atoms with van der Waals surface area (Å²) in [4.78, 5) is 4.21. The predicted molar refractivity (Wildman–Crippen MR) is 50.7 cm³/mol. The molecule has 68 valence electrons. The van der Waals surface area contributed by atoms with Crippen LogP contribution in [0.1, 0.15) is 24.1 Å². The second-order valence-electron chi connectivity index (χ2n) is 3.42. The lowest BCUT2D eigenvalue weighted by molar-refractivity contribution is 0.424. The van der Waals surface area contributed by atoms with Crippen molar-refractivity contribution in [3.63, 3.8) is 0 Å². The van der Waals surface area contributed by atoms with Crippen LogP contribution in [0.25, 0.3) is 0 Å². The highest BCUT2D eigenvalue weighted by Crippen LogP contribution is 2.17. The summed E-state index contributed by atoms with van der Waals surface area (Å²) < 4.78 is 0. The second kappa shape index (κ2) is 3.48. The van der Waals surface area contributed by atoms with E-state index in [4.69, 9.17) is 10.0 Å². The lowest BCUT2D eigenvalue weighted by Crippen LogP contribution is -2.34. The van der Waals surface area contributed by atoms with Gasteiger partial charge in [-0.15, -0.1) is 0 Å². The molecule has 3 nitrogen and oxygen atoms in total. The summed E-state index contributed by atoms with van der Waals surface area (Å²) in [5, 5.41) is 17.8. The molecule has 0 bridgehead atoms. The molecule has 1 heterocycles. The molecule has 0 radical (unpaired) electrons. The van der Waals surface area contributed by atoms with E-state index in [1.54, 1.807) is 6.07 Å². The Balaban J connectivity index is 2.35. The number of hydrogen-bond donors (Lipinski definition) is 2. The summed E-state index contributed by atoms with van der Waals surface area (Å²) in [7, 11) is -1.44. The molecule has 0 spiro atoms. The van der Waals surface area contributed by atoms with Gasteiger partial charge >= 0.3 is 7.12 Å². The van der Waals surface area contributed by atoms with Crippen molar-refractivity contribution >= 4 is 12.7 Å². The molecule has 0 atom stereocenters. The molecule has 1 aliphatic carbocycles. The maximum absolute atomic E-state index is 8.92. The summed E-state index contributed by atoms with van der Waals surface area (Å²) in [6, 6.07) is 3.64. The fourth-order valence-electron chi connectivity index (χ4n) is 1.74. The summed E-state index contributed by atoms with van der Waals surface area (Å²) in [5.41, 5.74) is 2.66. The fraction of sp³-hybridized carbons (Fsp3) is 0.444. The SMILES string of the molecule is OB(O)c1ccc2c(n1)CCCC2. The average Bonchev–Trinajstić information content (AvgIpc) is 2.17. The third-order valence-electron chi connectivity index (χ3n) is 2.46. The number of nitrogens with zero attached hydrogens (tertiary/aromatic N) is 1. The van der Waals surface area contributed by atoms with E-state index < -0.39 is 7.12 Å². The molecule has 2 N–H and O–H groups in total. The van der Waals surface area contributed by atoms with Crippen molar-refractivity contribution in [2.75, 3.05) is 0 Å². The largest absolute Gasteiger partial charge is 0.508 e. The van der Waals surface area contributed by atoms with Crippen LogP contribution in [0.2, 0.25) is 0 Å². The molecule has 0 aliphatic heterocycles. The van der Waals surface area contributed by atoms with Crippen LogP contribution in [0.3, 0.4) is 0 Å². The standard InChI is InChI=1S/C9H12BNO2/c12-10(13)9-6-5-7-3-1-2-4-8(7)11-9/h5-6,12-13H,1-4H2. The van der Waals surface area contributed by atoms with Crippen LogP contribution in [0.15, 0.2) is 12.1 Å². The first-order valence-corrected chi connectivity index (χ1v) is 4.62. The summed E-state index contributed by atoms with van der Waals surface area (Å²) in [6.07, 6.45) is 4.42. The molecule has 0 aromatic carbocycles. The van der Waals surface area contributed by atoms with E-state index in [9.17, 15) is 0 Å². The van der Waals surface area contributed by atoms with E-state index in [-0.39, 0.29) is 0 Å². The highest BCUT2D eigenvalue weighted by Gasteiger charge is 2.16. The topological polar surface area (TPSA) is 53.4 Å². The van der Waals surface area contributed by atoms with Crippen LogP contribution in [0.4, 0.5) is 0 Å². The zero-order chi connectivity index (χ0) is 9.26. The number of aryl methyl sites for hydroxylation is 2. The first-order chi connectivity index (χ1) is 6.27. The van der Waals surface area contributed by atoms with Crippen molar-refractivity contribution in [3.05, 3.63) is 23.4 Å². The molecule has 1 aromatic rings. The van der Waals surface area contributed by atoms with Crippen LogP contribution in [-0.4, -0.2) is 22.2 Å². The van der Waals surface area contributed by atoms with Crippen LogP contribution in [0, 0.1) is 0 Å². The van der Waals surface area contributed by atoms with Gasteiger partial charge in [0.25, 0.3) is 0 Å². The molecule has 13 heavy (non-hydrogen) atoms. The number of aromatic nitrogens is 1. The molecule has 1 aromatic heterocycles. The van der Waals surface area contributed by atoms with Gasteiger partial charge in [0, 0.05) is 5.69 Å². The normalized spacial score (nSPS) is 15.2. The van der Waals surface area contributed by atoms with E-state index in [0.717, 1.165) is 25.0 Å². The minimum Gasteiger partial charge on any atom is -0.422 e. The first-order valence-electron chi connectivity index (χ1n) is 4.62. The maximum atomic E-state index is 8.92. The Kier molecular flexibility index (Phi) is 2.33. The number of hydrogen-bond acceptors (Lipinski definition) is 3. The smallest absolute Gasteiger partial charge is 0.422 e. The van der Waals surface area contributed by atoms with Gasteiger partial charge in [-0.25, -0.2) is 0 Å². The van der Waals surface area contributed by atoms with Crippen molar-refractivity contribution in [1.29, 1.82) is 0 Å². The number of fused-ring (bicyclic) bond motifs is 1. The van der Waals surface area contributed by atoms with Crippen molar-refractivity contribution in [2.45, 2.75) is 25.7 Å². The molecule has 1 aliphatic rings. The fourth-order valence-corrected chi connectivity index (χ4v) is 1.74. The lowest BCUT2D eigenvalue weighted by atomic mass is 9.84. The van der Waals surface area contributed by atoms with Gasteiger partial charge in [-0.2, -0.15) is 0 Å². The second-order valence-corrected chi connectivity index (χ2v) is 3.42. The minimum absolute atomic E-state index is 0.362. The van der Waals surface area contributed by atoms with Gasteiger partial charge in [-0.1, -0.05) is 6.07 Å². The average molecular weight is 177 g/mol. The van der Waals surface area contributed by atoms with E-state index in [1.165, 1.54) is 12.0 Å². The number of rotatable bonds is 1. The monoisotopic (exact) mass is 177 g/mol. The predicted octanol–water partition coefficient (Wildman–Crippen LogP) is -0.360. The molecular weight excluding hydrogens is 165 g/mol. The van der Waals surface area contributed by atoms with Gasteiger partial charge < -0.3 is 10.0 Å². The van der Waals surface area contributed by atoms with Crippen molar-refractivity contribution < 1.29 is 10.0 Å². The van der Waals surface area contributed by atoms with Gasteiger partial charge in [0.05, 0.1) is 5.59 Å². The molecule has 0 unspecified atom stereocenters. The van der Waals surface area contributed by atoms with Crippen LogP contribution < -0.4 is 5.59 Å².